The van der Waals surface area contributed by atoms with E-state index in [9.17, 15) is 0 Å². The second-order valence-corrected chi connectivity index (χ2v) is 28.1. The Hall–Kier alpha value is -15.3. The molecule has 11 heteroatoms. The molecule has 0 spiro atoms. The van der Waals surface area contributed by atoms with Crippen LogP contribution in [0.2, 0.25) is 0 Å². The summed E-state index contributed by atoms with van der Waals surface area (Å²) in [4.78, 5) is 33.5. The maximum Gasteiger partial charge on any atom is 0.0963 e. The third-order valence-corrected chi connectivity index (χ3v) is 21.5. The first kappa shape index (κ1) is 65.0. The number of aromatic nitrogens is 11. The third kappa shape index (κ3) is 11.5. The van der Waals surface area contributed by atoms with Gasteiger partial charge < -0.3 is 18.3 Å². The van der Waals surface area contributed by atoms with E-state index < -0.39 is 0 Å². The van der Waals surface area contributed by atoms with Gasteiger partial charge in [0.2, 0.25) is 0 Å². The Labute approximate surface area is 644 Å². The SMILES string of the molecule is c1ccc(-n2c3ccccc3c3cc(-c4ccc5c(c4)c4ncccc4n5-c4cccc(-c5cc(-c6ccccn6)cc(-c6ccccn6)c5)c4)ccc32)cc1.c1ccc(-n2c3ccccc3c3cc(-c4ccc5c(c4)c4ncccc4n5-c4cccc(-c5cc(-c6ccccn6)nc(-c6ccccn6)c5)c4)ccc32)cc1. The zero-order valence-corrected chi connectivity index (χ0v) is 60.4. The molecule has 11 heterocycles. The van der Waals surface area contributed by atoms with E-state index in [1.165, 1.54) is 54.7 Å². The van der Waals surface area contributed by atoms with Crippen molar-refractivity contribution in [2.75, 3.05) is 0 Å². The number of rotatable bonds is 12. The van der Waals surface area contributed by atoms with Crippen LogP contribution in [0.3, 0.4) is 0 Å². The normalized spacial score (nSPS) is 11.6. The minimum atomic E-state index is 0.797. The van der Waals surface area contributed by atoms with Crippen molar-refractivity contribution in [2.24, 2.45) is 0 Å². The van der Waals surface area contributed by atoms with Gasteiger partial charge in [0.25, 0.3) is 0 Å². The Morgan fingerprint density at radius 2 is 0.464 bits per heavy atom. The first-order valence-corrected chi connectivity index (χ1v) is 37.5. The van der Waals surface area contributed by atoms with Crippen LogP contribution in [0, 0.1) is 0 Å². The number of benzene rings is 11. The molecule has 0 saturated heterocycles. The largest absolute Gasteiger partial charge is 0.309 e. The molecule has 0 fully saturated rings. The van der Waals surface area contributed by atoms with Gasteiger partial charge in [0.1, 0.15) is 0 Å². The lowest BCUT2D eigenvalue weighted by Gasteiger charge is -2.13. The number of hydrogen-bond donors (Lipinski definition) is 0. The topological polar surface area (TPSA) is 110 Å². The first-order chi connectivity index (χ1) is 55.5. The highest BCUT2D eigenvalue weighted by Gasteiger charge is 2.22. The monoisotopic (exact) mass is 1430 g/mol. The Morgan fingerprint density at radius 3 is 0.884 bits per heavy atom. The molecule has 0 atom stereocenters. The van der Waals surface area contributed by atoms with Crippen LogP contribution in [-0.4, -0.2) is 53.2 Å². The highest BCUT2D eigenvalue weighted by Crippen LogP contribution is 2.43. The summed E-state index contributed by atoms with van der Waals surface area (Å²) in [5.41, 5.74) is 31.6. The molecule has 0 unspecified atom stereocenters. The van der Waals surface area contributed by atoms with Gasteiger partial charge in [-0.25, -0.2) is 4.98 Å². The predicted molar refractivity (Wildman–Crippen MR) is 458 cm³/mol. The van der Waals surface area contributed by atoms with E-state index in [1.807, 2.05) is 97.6 Å². The van der Waals surface area contributed by atoms with E-state index in [2.05, 4.69) is 323 Å². The highest BCUT2D eigenvalue weighted by molar-refractivity contribution is 6.14. The molecule has 11 nitrogen and oxygen atoms in total. The van der Waals surface area contributed by atoms with Gasteiger partial charge >= 0.3 is 0 Å². The van der Waals surface area contributed by atoms with E-state index in [0.717, 1.165) is 145 Å². The lowest BCUT2D eigenvalue weighted by atomic mass is 9.96. The van der Waals surface area contributed by atoms with Crippen molar-refractivity contribution >= 4 is 87.5 Å². The molecule has 0 amide bonds. The number of pyridine rings is 7. The van der Waals surface area contributed by atoms with Gasteiger partial charge in [0.05, 0.1) is 89.3 Å². The van der Waals surface area contributed by atoms with E-state index >= 15 is 0 Å². The molecule has 0 aliphatic heterocycles. The lowest BCUT2D eigenvalue weighted by molar-refractivity contribution is 1.17. The van der Waals surface area contributed by atoms with Crippen molar-refractivity contribution in [3.05, 3.63) is 395 Å². The van der Waals surface area contributed by atoms with Crippen LogP contribution in [0.25, 0.3) is 200 Å². The Kier molecular flexibility index (Phi) is 15.9. The zero-order valence-electron chi connectivity index (χ0n) is 60.4. The van der Waals surface area contributed by atoms with Gasteiger partial charge in [-0.15, -0.1) is 0 Å². The molecule has 0 aliphatic carbocycles. The fourth-order valence-corrected chi connectivity index (χ4v) is 16.4. The quantitative estimate of drug-likeness (QED) is 0.120. The summed E-state index contributed by atoms with van der Waals surface area (Å²) < 4.78 is 9.37. The molecule has 112 heavy (non-hydrogen) atoms. The maximum absolute atomic E-state index is 4.99. The number of fused-ring (bicyclic) bond motifs is 12. The highest BCUT2D eigenvalue weighted by atomic mass is 15.0. The van der Waals surface area contributed by atoms with Crippen molar-refractivity contribution in [1.29, 1.82) is 0 Å². The van der Waals surface area contributed by atoms with Crippen LogP contribution in [0.5, 0.6) is 0 Å². The van der Waals surface area contributed by atoms with Crippen molar-refractivity contribution in [1.82, 2.24) is 53.2 Å². The summed E-state index contributed by atoms with van der Waals surface area (Å²) in [5.74, 6) is 0. The molecular formula is C101H65N11. The van der Waals surface area contributed by atoms with E-state index in [4.69, 9.17) is 15.0 Å². The van der Waals surface area contributed by atoms with Gasteiger partial charge in [0.15, 0.2) is 0 Å². The van der Waals surface area contributed by atoms with E-state index in [0.29, 0.717) is 0 Å². The van der Waals surface area contributed by atoms with Crippen molar-refractivity contribution in [3.63, 3.8) is 0 Å². The summed E-state index contributed by atoms with van der Waals surface area (Å²) in [6.07, 6.45) is 11.1. The average molecular weight is 1430 g/mol. The summed E-state index contributed by atoms with van der Waals surface area (Å²) >= 11 is 0. The molecule has 0 bridgehead atoms. The molecule has 22 aromatic rings. The molecule has 11 aromatic heterocycles. The van der Waals surface area contributed by atoms with Crippen molar-refractivity contribution in [3.8, 4) is 113 Å². The van der Waals surface area contributed by atoms with Gasteiger partial charge in [0, 0.05) is 103 Å². The molecule has 524 valence electrons. The summed E-state index contributed by atoms with van der Waals surface area (Å²) in [5, 5.41) is 7.16. The van der Waals surface area contributed by atoms with Crippen LogP contribution < -0.4 is 0 Å². The minimum Gasteiger partial charge on any atom is -0.309 e. The minimum absolute atomic E-state index is 0.797. The molecule has 0 N–H and O–H groups in total. The molecule has 22 rings (SSSR count). The number of hydrogen-bond acceptors (Lipinski definition) is 7. The van der Waals surface area contributed by atoms with Crippen LogP contribution in [-0.2, 0) is 0 Å². The van der Waals surface area contributed by atoms with Gasteiger partial charge in [-0.1, -0.05) is 146 Å². The average Bonchev–Trinajstić information content (AvgIpc) is 1.59. The summed E-state index contributed by atoms with van der Waals surface area (Å²) in [6.45, 7) is 0. The smallest absolute Gasteiger partial charge is 0.0963 e. The van der Waals surface area contributed by atoms with Crippen LogP contribution in [0.4, 0.5) is 0 Å². The second kappa shape index (κ2) is 27.5. The van der Waals surface area contributed by atoms with Crippen molar-refractivity contribution in [2.45, 2.75) is 0 Å². The predicted octanol–water partition coefficient (Wildman–Crippen LogP) is 24.9. The summed E-state index contributed by atoms with van der Waals surface area (Å²) in [6, 6.07) is 126. The van der Waals surface area contributed by atoms with Gasteiger partial charge in [-0.3, -0.25) is 29.9 Å². The fourth-order valence-electron chi connectivity index (χ4n) is 16.4. The van der Waals surface area contributed by atoms with Crippen LogP contribution in [0.15, 0.2) is 395 Å². The third-order valence-electron chi connectivity index (χ3n) is 21.5. The Morgan fingerprint density at radius 1 is 0.152 bits per heavy atom. The number of para-hydroxylation sites is 4. The molecule has 0 radical (unpaired) electrons. The number of nitrogens with zero attached hydrogens (tertiary/aromatic N) is 11. The molecule has 11 aromatic carbocycles. The molecule has 0 aliphatic rings. The molecule has 0 saturated carbocycles. The van der Waals surface area contributed by atoms with Crippen molar-refractivity contribution < 1.29 is 0 Å². The second-order valence-electron chi connectivity index (χ2n) is 28.1. The Balaban J connectivity index is 0.000000141. The van der Waals surface area contributed by atoms with Gasteiger partial charge in [-0.05, 0) is 257 Å². The fraction of sp³-hybridized carbons (Fsp3) is 0. The first-order valence-electron chi connectivity index (χ1n) is 37.5. The van der Waals surface area contributed by atoms with Crippen LogP contribution in [0.1, 0.15) is 0 Å². The standard InChI is InChI=1S/C51H33N5.C50H32N6/c1-2-13-40(14-3-1)55-47-19-5-4-16-42(47)43-32-35(21-23-48(43)55)36-22-24-49-44(33-36)51-50(20-11-27-54-51)56(49)41-15-10-12-34(31-41)37-28-38(45-17-6-8-25-52-45)30-39(29-37)46-18-7-9-26-53-46;1-2-13-37(14-3-1)55-46-19-5-4-16-39(46)40-29-34(21-23-47(40)55)35-22-24-48-41(30-35)50-49(20-11-27-53-50)56(48)38-15-10-12-33(28-38)36-31-44(42-17-6-8-25-51-42)54-45(32-36)43-18-7-9-26-52-43/h1-33H;1-32H. The van der Waals surface area contributed by atoms with Gasteiger partial charge in [-0.2, -0.15) is 0 Å². The van der Waals surface area contributed by atoms with E-state index in [1.54, 1.807) is 12.4 Å². The maximum atomic E-state index is 4.99. The lowest BCUT2D eigenvalue weighted by Crippen LogP contribution is -1.96. The zero-order chi connectivity index (χ0) is 74.0. The van der Waals surface area contributed by atoms with E-state index in [-0.39, 0.29) is 0 Å². The molecular weight excluding hydrogens is 1370 g/mol. The summed E-state index contributed by atoms with van der Waals surface area (Å²) in [7, 11) is 0. The Bertz CT molecular complexity index is 6800. The van der Waals surface area contributed by atoms with Crippen LogP contribution >= 0.6 is 0 Å².